The van der Waals surface area contributed by atoms with E-state index in [-0.39, 0.29) is 0 Å². The zero-order valence-corrected chi connectivity index (χ0v) is 16.1. The predicted octanol–water partition coefficient (Wildman–Crippen LogP) is 6.64. The highest BCUT2D eigenvalue weighted by molar-refractivity contribution is 6.04. The van der Waals surface area contributed by atoms with Crippen LogP contribution in [0, 0.1) is 0 Å². The zero-order chi connectivity index (χ0) is 18.6. The molecule has 0 aromatic heterocycles. The minimum absolute atomic E-state index is 0.572. The van der Waals surface area contributed by atoms with Gasteiger partial charge >= 0.3 is 0 Å². The van der Waals surface area contributed by atoms with Gasteiger partial charge in [-0.3, -0.25) is 0 Å². The van der Waals surface area contributed by atoms with Crippen LogP contribution in [0.2, 0.25) is 0 Å². The van der Waals surface area contributed by atoms with E-state index in [0.29, 0.717) is 0 Å². The topological polar surface area (TPSA) is 29.5 Å². The van der Waals surface area contributed by atoms with Gasteiger partial charge in [-0.05, 0) is 40.1 Å². The summed E-state index contributed by atoms with van der Waals surface area (Å²) in [6.45, 7) is 2.98. The number of hydrogen-bond acceptors (Lipinski definition) is 2. The molecule has 0 saturated carbocycles. The molecule has 1 atom stereocenters. The molecule has 1 N–H and O–H groups in total. The average Bonchev–Trinajstić information content (AvgIpc) is 3.00. The second-order valence-electron chi connectivity index (χ2n) is 7.49. The molecule has 0 spiro atoms. The normalized spacial score (nSPS) is 15.0. The van der Waals surface area contributed by atoms with E-state index < -0.39 is 6.10 Å². The molecule has 2 nitrogen and oxygen atoms in total. The number of ether oxygens (including phenoxy) is 1. The summed E-state index contributed by atoms with van der Waals surface area (Å²) in [5.74, 6) is 0.893. The van der Waals surface area contributed by atoms with E-state index in [1.54, 1.807) is 0 Å². The first kappa shape index (κ1) is 18.1. The minimum Gasteiger partial charge on any atom is -0.493 e. The molecule has 140 valence electrons. The second-order valence-corrected chi connectivity index (χ2v) is 7.49. The molecule has 4 rings (SSSR count). The highest BCUT2D eigenvalue weighted by Gasteiger charge is 2.29. The van der Waals surface area contributed by atoms with Crippen LogP contribution < -0.4 is 4.74 Å². The summed E-state index contributed by atoms with van der Waals surface area (Å²) < 4.78 is 6.19. The number of rotatable bonds is 8. The number of aliphatic hydroxyl groups excluding tert-OH is 1. The summed E-state index contributed by atoms with van der Waals surface area (Å²) in [5, 5.41) is 13.1. The molecule has 2 heteroatoms. The third kappa shape index (κ3) is 3.46. The third-order valence-electron chi connectivity index (χ3n) is 5.61. The van der Waals surface area contributed by atoms with Crippen molar-refractivity contribution in [3.8, 4) is 16.9 Å². The lowest BCUT2D eigenvalue weighted by Gasteiger charge is -2.14. The number of benzene rings is 3. The van der Waals surface area contributed by atoms with Crippen molar-refractivity contribution in [3.63, 3.8) is 0 Å². The number of hydrogen-bond donors (Lipinski definition) is 1. The molecule has 0 fully saturated rings. The van der Waals surface area contributed by atoms with Crippen molar-refractivity contribution in [2.75, 3.05) is 6.61 Å². The fourth-order valence-corrected chi connectivity index (χ4v) is 4.19. The molecule has 0 radical (unpaired) electrons. The van der Waals surface area contributed by atoms with E-state index in [0.717, 1.165) is 51.8 Å². The highest BCUT2D eigenvalue weighted by Crippen LogP contribution is 2.49. The van der Waals surface area contributed by atoms with Gasteiger partial charge in [-0.15, -0.1) is 0 Å². The molecule has 3 aromatic carbocycles. The summed E-state index contributed by atoms with van der Waals surface area (Å²) >= 11 is 0. The molecule has 1 aliphatic carbocycles. The Labute approximate surface area is 161 Å². The number of unbranched alkanes of at least 4 members (excludes halogenated alkanes) is 5. The van der Waals surface area contributed by atoms with Gasteiger partial charge in [0.25, 0.3) is 0 Å². The Morgan fingerprint density at radius 3 is 2.37 bits per heavy atom. The fourth-order valence-electron chi connectivity index (χ4n) is 4.19. The van der Waals surface area contributed by atoms with Crippen LogP contribution in [0.15, 0.2) is 54.6 Å². The van der Waals surface area contributed by atoms with Gasteiger partial charge in [0.1, 0.15) is 11.9 Å². The average molecular weight is 360 g/mol. The summed E-state index contributed by atoms with van der Waals surface area (Å²) in [6.07, 6.45) is 6.95. The monoisotopic (exact) mass is 360 g/mol. The molecule has 0 bridgehead atoms. The van der Waals surface area contributed by atoms with E-state index in [9.17, 15) is 5.11 Å². The van der Waals surface area contributed by atoms with Crippen molar-refractivity contribution in [2.45, 2.75) is 51.6 Å². The molecular weight excluding hydrogens is 332 g/mol. The summed E-state index contributed by atoms with van der Waals surface area (Å²) in [6, 6.07) is 18.6. The lowest BCUT2D eigenvalue weighted by molar-refractivity contribution is 0.224. The predicted molar refractivity (Wildman–Crippen MR) is 112 cm³/mol. The molecular formula is C25H28O2. The maximum atomic E-state index is 10.9. The van der Waals surface area contributed by atoms with E-state index in [4.69, 9.17) is 4.74 Å². The zero-order valence-electron chi connectivity index (χ0n) is 16.1. The Balaban J connectivity index is 1.59. The van der Waals surface area contributed by atoms with Gasteiger partial charge in [0, 0.05) is 5.39 Å². The largest absolute Gasteiger partial charge is 0.493 e. The number of aliphatic hydroxyl groups is 1. The highest BCUT2D eigenvalue weighted by atomic mass is 16.5. The van der Waals surface area contributed by atoms with Gasteiger partial charge in [0.05, 0.1) is 6.61 Å². The van der Waals surface area contributed by atoms with Gasteiger partial charge in [0.2, 0.25) is 0 Å². The maximum Gasteiger partial charge on any atom is 0.127 e. The first-order valence-electron chi connectivity index (χ1n) is 10.3. The smallest absolute Gasteiger partial charge is 0.127 e. The van der Waals surface area contributed by atoms with Gasteiger partial charge in [0.15, 0.2) is 0 Å². The van der Waals surface area contributed by atoms with Gasteiger partial charge in [-0.25, -0.2) is 0 Å². The summed E-state index contributed by atoms with van der Waals surface area (Å²) in [4.78, 5) is 0. The van der Waals surface area contributed by atoms with Crippen molar-refractivity contribution >= 4 is 10.8 Å². The Kier molecular flexibility index (Phi) is 5.45. The maximum absolute atomic E-state index is 10.9. The fraction of sp³-hybridized carbons (Fsp3) is 0.360. The van der Waals surface area contributed by atoms with Crippen molar-refractivity contribution in [2.24, 2.45) is 0 Å². The summed E-state index contributed by atoms with van der Waals surface area (Å²) in [5.41, 5.74) is 4.25. The molecule has 0 heterocycles. The van der Waals surface area contributed by atoms with Gasteiger partial charge < -0.3 is 9.84 Å². The van der Waals surface area contributed by atoms with E-state index in [1.807, 2.05) is 18.2 Å². The van der Waals surface area contributed by atoms with Crippen molar-refractivity contribution in [1.82, 2.24) is 0 Å². The van der Waals surface area contributed by atoms with Crippen LogP contribution in [0.25, 0.3) is 21.9 Å². The molecule has 3 aromatic rings. The Bertz CT molecular complexity index is 929. The first-order chi connectivity index (χ1) is 13.3. The quantitative estimate of drug-likeness (QED) is 0.456. The molecule has 1 aliphatic rings. The van der Waals surface area contributed by atoms with Crippen LogP contribution in [0.5, 0.6) is 5.75 Å². The van der Waals surface area contributed by atoms with Crippen molar-refractivity contribution < 1.29 is 9.84 Å². The van der Waals surface area contributed by atoms with E-state index in [2.05, 4.69) is 43.3 Å². The van der Waals surface area contributed by atoms with Crippen molar-refractivity contribution in [1.29, 1.82) is 0 Å². The number of fused-ring (bicyclic) bond motifs is 5. The SMILES string of the molecule is CCCCCCCCOc1cc2c(c3ccccc13)-c1ccccc1[C@H]2O. The van der Waals surface area contributed by atoms with Crippen LogP contribution in [-0.4, -0.2) is 11.7 Å². The Morgan fingerprint density at radius 2 is 1.52 bits per heavy atom. The molecule has 0 amide bonds. The lowest BCUT2D eigenvalue weighted by Crippen LogP contribution is -2.00. The molecule has 0 saturated heterocycles. The van der Waals surface area contributed by atoms with Crippen molar-refractivity contribution in [3.05, 3.63) is 65.7 Å². The molecule has 27 heavy (non-hydrogen) atoms. The van der Waals surface area contributed by atoms with Crippen LogP contribution in [0.3, 0.4) is 0 Å². The first-order valence-corrected chi connectivity index (χ1v) is 10.3. The van der Waals surface area contributed by atoms with Crippen LogP contribution in [0.4, 0.5) is 0 Å². The van der Waals surface area contributed by atoms with E-state index in [1.165, 1.54) is 32.1 Å². The van der Waals surface area contributed by atoms with Gasteiger partial charge in [-0.2, -0.15) is 0 Å². The van der Waals surface area contributed by atoms with E-state index >= 15 is 0 Å². The molecule has 0 unspecified atom stereocenters. The van der Waals surface area contributed by atoms with Crippen LogP contribution >= 0.6 is 0 Å². The third-order valence-corrected chi connectivity index (χ3v) is 5.61. The summed E-state index contributed by atoms with van der Waals surface area (Å²) in [7, 11) is 0. The van der Waals surface area contributed by atoms with Crippen LogP contribution in [-0.2, 0) is 0 Å². The van der Waals surface area contributed by atoms with Crippen LogP contribution in [0.1, 0.15) is 62.7 Å². The standard InChI is InChI=1S/C25H28O2/c1-2-3-4-5-6-11-16-27-23-17-22-24(19-13-8-7-12-18(19)23)20-14-9-10-15-21(20)25(22)26/h7-10,12-15,17,25-26H,2-6,11,16H2,1H3/t25-/m1/s1. The Morgan fingerprint density at radius 1 is 0.815 bits per heavy atom. The molecule has 0 aliphatic heterocycles. The minimum atomic E-state index is -0.572. The lowest BCUT2D eigenvalue weighted by atomic mass is 9.97. The second kappa shape index (κ2) is 8.14. The van der Waals surface area contributed by atoms with Gasteiger partial charge in [-0.1, -0.05) is 87.6 Å². The Hall–Kier alpha value is -2.32.